The van der Waals surface area contributed by atoms with Crippen LogP contribution in [0.2, 0.25) is 0 Å². The van der Waals surface area contributed by atoms with E-state index in [1.54, 1.807) is 17.6 Å². The van der Waals surface area contributed by atoms with Gasteiger partial charge in [0.15, 0.2) is 0 Å². The molecule has 1 aliphatic heterocycles. The van der Waals surface area contributed by atoms with Gasteiger partial charge in [-0.3, -0.25) is 14.8 Å². The van der Waals surface area contributed by atoms with Crippen LogP contribution < -0.4 is 16.1 Å². The third-order valence-electron chi connectivity index (χ3n) is 4.52. The highest BCUT2D eigenvalue weighted by atomic mass is 16.5. The summed E-state index contributed by atoms with van der Waals surface area (Å²) in [5, 5.41) is 24.2. The van der Waals surface area contributed by atoms with Crippen molar-refractivity contribution in [2.24, 2.45) is 0 Å². The lowest BCUT2D eigenvalue weighted by Gasteiger charge is -2.27. The van der Waals surface area contributed by atoms with Gasteiger partial charge in [-0.2, -0.15) is 0 Å². The number of aromatic hydroxyl groups is 1. The standard InChI is InChI=1S/C19H21N3O4/c23-15-7-5-12(6-8-15)9-17(19(25)22-26)21-18(24)16-10-13-3-1-2-4-14(13)11-20-16/h1-8,16-17,20,23,26H,9-11H2,(H,21,24)(H,22,25)/t16-,17-/m0/s1. The maximum absolute atomic E-state index is 12.6. The lowest BCUT2D eigenvalue weighted by atomic mass is 9.95. The van der Waals surface area contributed by atoms with Gasteiger partial charge in [0.05, 0.1) is 6.04 Å². The Balaban J connectivity index is 1.67. The second-order valence-electron chi connectivity index (χ2n) is 6.31. The first-order valence-corrected chi connectivity index (χ1v) is 8.39. The van der Waals surface area contributed by atoms with Crippen LogP contribution in [0.3, 0.4) is 0 Å². The lowest BCUT2D eigenvalue weighted by molar-refractivity contribution is -0.135. The highest BCUT2D eigenvalue weighted by Gasteiger charge is 2.28. The fourth-order valence-corrected chi connectivity index (χ4v) is 3.07. The molecule has 7 nitrogen and oxygen atoms in total. The van der Waals surface area contributed by atoms with E-state index in [4.69, 9.17) is 5.21 Å². The van der Waals surface area contributed by atoms with Crippen LogP contribution in [0.15, 0.2) is 48.5 Å². The number of benzene rings is 2. The molecule has 1 aliphatic rings. The summed E-state index contributed by atoms with van der Waals surface area (Å²) >= 11 is 0. The molecule has 26 heavy (non-hydrogen) atoms. The van der Waals surface area contributed by atoms with E-state index in [1.807, 2.05) is 24.3 Å². The molecule has 3 rings (SSSR count). The van der Waals surface area contributed by atoms with Crippen molar-refractivity contribution >= 4 is 11.8 Å². The van der Waals surface area contributed by atoms with Crippen LogP contribution in [0, 0.1) is 0 Å². The number of phenolic OH excluding ortho intramolecular Hbond substituents is 1. The zero-order valence-corrected chi connectivity index (χ0v) is 14.1. The van der Waals surface area contributed by atoms with Crippen LogP contribution >= 0.6 is 0 Å². The minimum absolute atomic E-state index is 0.117. The fourth-order valence-electron chi connectivity index (χ4n) is 3.07. The van der Waals surface area contributed by atoms with Gasteiger partial charge in [0.25, 0.3) is 5.91 Å². The third-order valence-corrected chi connectivity index (χ3v) is 4.52. The molecule has 1 heterocycles. The number of carbonyl (C=O) groups is 2. The van der Waals surface area contributed by atoms with Gasteiger partial charge in [-0.25, -0.2) is 5.48 Å². The van der Waals surface area contributed by atoms with Crippen molar-refractivity contribution in [1.29, 1.82) is 0 Å². The maximum Gasteiger partial charge on any atom is 0.266 e. The quantitative estimate of drug-likeness (QED) is 0.399. The molecule has 0 saturated heterocycles. The Morgan fingerprint density at radius 3 is 2.50 bits per heavy atom. The van der Waals surface area contributed by atoms with Crippen molar-refractivity contribution in [2.45, 2.75) is 31.5 Å². The molecule has 0 unspecified atom stereocenters. The predicted octanol–water partition coefficient (Wildman–Crippen LogP) is 0.639. The van der Waals surface area contributed by atoms with Crippen LogP contribution in [0.1, 0.15) is 16.7 Å². The topological polar surface area (TPSA) is 111 Å². The second kappa shape index (κ2) is 7.99. The summed E-state index contributed by atoms with van der Waals surface area (Å²) in [6.07, 6.45) is 0.733. The Hall–Kier alpha value is -2.90. The molecule has 7 heteroatoms. The molecule has 0 saturated carbocycles. The number of hydrogen-bond acceptors (Lipinski definition) is 5. The number of amides is 2. The van der Waals surface area contributed by atoms with Crippen LogP contribution in [0.25, 0.3) is 0 Å². The number of carbonyl (C=O) groups excluding carboxylic acids is 2. The molecule has 0 bridgehead atoms. The number of hydroxylamine groups is 1. The monoisotopic (exact) mass is 355 g/mol. The number of hydrogen-bond donors (Lipinski definition) is 5. The molecule has 2 atom stereocenters. The molecule has 2 aromatic carbocycles. The lowest BCUT2D eigenvalue weighted by Crippen LogP contribution is -2.54. The van der Waals surface area contributed by atoms with Crippen LogP contribution in [-0.4, -0.2) is 34.2 Å². The van der Waals surface area contributed by atoms with Crippen molar-refractivity contribution in [3.05, 3.63) is 65.2 Å². The van der Waals surface area contributed by atoms with E-state index in [0.29, 0.717) is 13.0 Å². The van der Waals surface area contributed by atoms with Crippen LogP contribution in [0.5, 0.6) is 5.75 Å². The zero-order valence-electron chi connectivity index (χ0n) is 14.1. The predicted molar refractivity (Wildman–Crippen MR) is 94.4 cm³/mol. The summed E-state index contributed by atoms with van der Waals surface area (Å²) in [7, 11) is 0. The number of nitrogens with one attached hydrogen (secondary N) is 3. The molecule has 0 aliphatic carbocycles. The van der Waals surface area contributed by atoms with Crippen LogP contribution in [-0.2, 0) is 29.0 Å². The Bertz CT molecular complexity index is 792. The Morgan fingerprint density at radius 1 is 1.12 bits per heavy atom. The van der Waals surface area contributed by atoms with Crippen LogP contribution in [0.4, 0.5) is 0 Å². The van der Waals surface area contributed by atoms with Gasteiger partial charge >= 0.3 is 0 Å². The number of phenols is 1. The molecule has 0 fully saturated rings. The number of rotatable bonds is 5. The molecule has 2 amide bonds. The zero-order chi connectivity index (χ0) is 18.5. The fraction of sp³-hybridized carbons (Fsp3) is 0.263. The average Bonchev–Trinajstić information content (AvgIpc) is 2.68. The van der Waals surface area contributed by atoms with Gasteiger partial charge in [-0.05, 0) is 35.2 Å². The summed E-state index contributed by atoms with van der Waals surface area (Å²) in [6.45, 7) is 0.586. The smallest absolute Gasteiger partial charge is 0.266 e. The molecule has 5 N–H and O–H groups in total. The van der Waals surface area contributed by atoms with E-state index >= 15 is 0 Å². The van der Waals surface area contributed by atoms with Gasteiger partial charge in [-0.1, -0.05) is 36.4 Å². The van der Waals surface area contributed by atoms with E-state index in [1.165, 1.54) is 12.1 Å². The Kier molecular flexibility index (Phi) is 5.50. The molecule has 136 valence electrons. The molecule has 2 aromatic rings. The van der Waals surface area contributed by atoms with E-state index in [-0.39, 0.29) is 18.1 Å². The molecule has 0 spiro atoms. The first-order valence-electron chi connectivity index (χ1n) is 8.39. The normalized spacial score (nSPS) is 17.0. The van der Waals surface area contributed by atoms with Gasteiger partial charge in [0.2, 0.25) is 5.91 Å². The van der Waals surface area contributed by atoms with Gasteiger partial charge in [0.1, 0.15) is 11.8 Å². The SMILES string of the molecule is O=C(N[C@@H](Cc1ccc(O)cc1)C(=O)NO)[C@@H]1Cc2ccccc2CN1. The minimum atomic E-state index is -0.920. The summed E-state index contributed by atoms with van der Waals surface area (Å²) in [6, 6.07) is 12.9. The summed E-state index contributed by atoms with van der Waals surface area (Å²) < 4.78 is 0. The third kappa shape index (κ3) is 4.19. The maximum atomic E-state index is 12.6. The van der Waals surface area contributed by atoms with Gasteiger partial charge < -0.3 is 15.7 Å². The van der Waals surface area contributed by atoms with Crippen molar-refractivity contribution < 1.29 is 19.9 Å². The molecule has 0 radical (unpaired) electrons. The first kappa shape index (κ1) is 17.9. The van der Waals surface area contributed by atoms with E-state index in [2.05, 4.69) is 10.6 Å². The summed E-state index contributed by atoms with van der Waals surface area (Å²) in [4.78, 5) is 24.6. The van der Waals surface area contributed by atoms with E-state index in [0.717, 1.165) is 16.7 Å². The molecule has 0 aromatic heterocycles. The van der Waals surface area contributed by atoms with Crippen molar-refractivity contribution in [3.8, 4) is 5.75 Å². The van der Waals surface area contributed by atoms with Gasteiger partial charge in [0, 0.05) is 13.0 Å². The molecular formula is C19H21N3O4. The van der Waals surface area contributed by atoms with E-state index < -0.39 is 18.0 Å². The Labute approximate surface area is 151 Å². The minimum Gasteiger partial charge on any atom is -0.508 e. The average molecular weight is 355 g/mol. The Morgan fingerprint density at radius 2 is 1.81 bits per heavy atom. The number of fused-ring (bicyclic) bond motifs is 1. The van der Waals surface area contributed by atoms with Crippen molar-refractivity contribution in [3.63, 3.8) is 0 Å². The van der Waals surface area contributed by atoms with Crippen molar-refractivity contribution in [1.82, 2.24) is 16.1 Å². The largest absolute Gasteiger partial charge is 0.508 e. The highest BCUT2D eigenvalue weighted by molar-refractivity contribution is 5.89. The van der Waals surface area contributed by atoms with Crippen molar-refractivity contribution in [2.75, 3.05) is 0 Å². The highest BCUT2D eigenvalue weighted by Crippen LogP contribution is 2.17. The summed E-state index contributed by atoms with van der Waals surface area (Å²) in [5.41, 5.74) is 4.61. The first-order chi connectivity index (χ1) is 12.6. The summed E-state index contributed by atoms with van der Waals surface area (Å²) in [5.74, 6) is -0.875. The second-order valence-corrected chi connectivity index (χ2v) is 6.31. The molecular weight excluding hydrogens is 334 g/mol. The van der Waals surface area contributed by atoms with Gasteiger partial charge in [-0.15, -0.1) is 0 Å². The van der Waals surface area contributed by atoms with E-state index in [9.17, 15) is 14.7 Å².